The van der Waals surface area contributed by atoms with Crippen LogP contribution in [0.3, 0.4) is 0 Å². The maximum absolute atomic E-state index is 8.54. The third-order valence-corrected chi connectivity index (χ3v) is 5.01. The molecule has 2 aliphatic heterocycles. The van der Waals surface area contributed by atoms with Crippen molar-refractivity contribution < 1.29 is 9.47 Å². The first kappa shape index (κ1) is 16.0. The van der Waals surface area contributed by atoms with E-state index in [1.165, 1.54) is 0 Å². The highest BCUT2D eigenvalue weighted by Gasteiger charge is 2.35. The van der Waals surface area contributed by atoms with Gasteiger partial charge in [0.05, 0.1) is 25.0 Å². The van der Waals surface area contributed by atoms with E-state index in [-0.39, 0.29) is 0 Å². The minimum absolute atomic E-state index is 0.300. The molecule has 0 aliphatic carbocycles. The van der Waals surface area contributed by atoms with Gasteiger partial charge in [-0.25, -0.2) is 0 Å². The first-order chi connectivity index (χ1) is 12.0. The number of nitrogens with zero attached hydrogens (tertiary/aromatic N) is 3. The van der Waals surface area contributed by atoms with Crippen molar-refractivity contribution in [2.75, 3.05) is 30.8 Å². The summed E-state index contributed by atoms with van der Waals surface area (Å²) in [5.41, 5.74) is 8.14. The summed E-state index contributed by atoms with van der Waals surface area (Å²) in [6.45, 7) is 1.76. The third-order valence-electron chi connectivity index (χ3n) is 5.01. The number of hydrogen-bond acceptors (Lipinski definition) is 6. The zero-order valence-corrected chi connectivity index (χ0v) is 14.5. The maximum Gasteiger partial charge on any atom is 0.127 e. The molecule has 2 aliphatic rings. The number of methoxy groups -OCH3 is 1. The summed E-state index contributed by atoms with van der Waals surface area (Å²) in [6.07, 6.45) is 2.88. The highest BCUT2D eigenvalue weighted by molar-refractivity contribution is 6.13. The molecule has 2 fully saturated rings. The van der Waals surface area contributed by atoms with Gasteiger partial charge in [0, 0.05) is 37.5 Å². The van der Waals surface area contributed by atoms with Crippen molar-refractivity contribution in [3.8, 4) is 5.75 Å². The first-order valence-electron chi connectivity index (χ1n) is 8.52. The Bertz CT molecular complexity index is 804. The van der Waals surface area contributed by atoms with Crippen molar-refractivity contribution in [2.45, 2.75) is 25.0 Å². The second kappa shape index (κ2) is 6.07. The van der Waals surface area contributed by atoms with Crippen molar-refractivity contribution in [1.82, 2.24) is 9.78 Å². The molecular weight excluding hydrogens is 318 g/mol. The van der Waals surface area contributed by atoms with Crippen molar-refractivity contribution in [2.24, 2.45) is 7.05 Å². The lowest BCUT2D eigenvalue weighted by Gasteiger charge is -2.33. The predicted molar refractivity (Wildman–Crippen MR) is 96.7 cm³/mol. The van der Waals surface area contributed by atoms with Gasteiger partial charge in [-0.15, -0.1) is 0 Å². The zero-order valence-electron chi connectivity index (χ0n) is 14.5. The predicted octanol–water partition coefficient (Wildman–Crippen LogP) is 1.79. The van der Waals surface area contributed by atoms with Gasteiger partial charge in [0.2, 0.25) is 0 Å². The SMILES string of the molecule is COc1ccc(N)c(C(=N)c2cc(N3CC4CCC(C3)O4)n(C)n2)c1. The fraction of sp³-hybridized carbons (Fsp3) is 0.444. The van der Waals surface area contributed by atoms with E-state index >= 15 is 0 Å². The van der Waals surface area contributed by atoms with Crippen LogP contribution >= 0.6 is 0 Å². The minimum atomic E-state index is 0.300. The molecule has 0 radical (unpaired) electrons. The molecule has 0 amide bonds. The summed E-state index contributed by atoms with van der Waals surface area (Å²) in [4.78, 5) is 2.31. The van der Waals surface area contributed by atoms with E-state index < -0.39 is 0 Å². The lowest BCUT2D eigenvalue weighted by molar-refractivity contribution is 0.0300. The quantitative estimate of drug-likeness (QED) is 0.654. The lowest BCUT2D eigenvalue weighted by atomic mass is 10.0. The number of fused-ring (bicyclic) bond motifs is 2. The molecule has 2 saturated heterocycles. The molecule has 2 bridgehead atoms. The molecule has 3 N–H and O–H groups in total. The Morgan fingerprint density at radius 2 is 2.00 bits per heavy atom. The molecule has 25 heavy (non-hydrogen) atoms. The third kappa shape index (κ3) is 2.84. The van der Waals surface area contributed by atoms with Crippen molar-refractivity contribution in [1.29, 1.82) is 5.41 Å². The fourth-order valence-corrected chi connectivity index (χ4v) is 3.69. The average Bonchev–Trinajstić information content (AvgIpc) is 3.16. The summed E-state index contributed by atoms with van der Waals surface area (Å²) in [5.74, 6) is 1.69. The van der Waals surface area contributed by atoms with Gasteiger partial charge in [0.15, 0.2) is 0 Å². The van der Waals surface area contributed by atoms with Crippen molar-refractivity contribution in [3.63, 3.8) is 0 Å². The molecule has 7 nitrogen and oxygen atoms in total. The molecule has 0 spiro atoms. The molecule has 1 aromatic carbocycles. The molecule has 7 heteroatoms. The van der Waals surface area contributed by atoms with Crippen LogP contribution in [0.4, 0.5) is 11.5 Å². The number of nitrogens with two attached hydrogens (primary N) is 1. The number of nitrogen functional groups attached to an aromatic ring is 1. The Morgan fingerprint density at radius 1 is 1.28 bits per heavy atom. The Balaban J connectivity index is 1.63. The topological polar surface area (TPSA) is 89.4 Å². The van der Waals surface area contributed by atoms with E-state index in [0.717, 1.165) is 31.7 Å². The number of ether oxygens (including phenoxy) is 2. The van der Waals surface area contributed by atoms with Gasteiger partial charge in [0.25, 0.3) is 0 Å². The molecule has 0 saturated carbocycles. The van der Waals surface area contributed by atoms with Crippen LogP contribution in [-0.4, -0.2) is 47.9 Å². The largest absolute Gasteiger partial charge is 0.497 e. The van der Waals surface area contributed by atoms with Gasteiger partial charge in [-0.3, -0.25) is 10.1 Å². The highest BCUT2D eigenvalue weighted by Crippen LogP contribution is 2.30. The molecule has 2 atom stereocenters. The van der Waals surface area contributed by atoms with Gasteiger partial charge in [-0.05, 0) is 31.0 Å². The summed E-state index contributed by atoms with van der Waals surface area (Å²) < 4.78 is 13.0. The molecule has 132 valence electrons. The zero-order chi connectivity index (χ0) is 17.6. The maximum atomic E-state index is 8.54. The summed E-state index contributed by atoms with van der Waals surface area (Å²) in [6, 6.07) is 7.29. The second-order valence-electron chi connectivity index (χ2n) is 6.70. The lowest BCUT2D eigenvalue weighted by Crippen LogP contribution is -2.43. The van der Waals surface area contributed by atoms with Crippen LogP contribution < -0.4 is 15.4 Å². The Labute approximate surface area is 146 Å². The fourth-order valence-electron chi connectivity index (χ4n) is 3.69. The molecule has 2 aromatic rings. The molecule has 3 heterocycles. The number of aromatic nitrogens is 2. The number of morpholine rings is 1. The van der Waals surface area contributed by atoms with Crippen LogP contribution in [0.2, 0.25) is 0 Å². The Kier molecular flexibility index (Phi) is 3.88. The van der Waals surface area contributed by atoms with Gasteiger partial charge >= 0.3 is 0 Å². The smallest absolute Gasteiger partial charge is 0.127 e. The number of hydrogen-bond donors (Lipinski definition) is 2. The Hall–Kier alpha value is -2.54. The second-order valence-corrected chi connectivity index (χ2v) is 6.70. The normalized spacial score (nSPS) is 22.2. The monoisotopic (exact) mass is 341 g/mol. The molecule has 2 unspecified atom stereocenters. The van der Waals surface area contributed by atoms with Crippen LogP contribution in [0, 0.1) is 5.41 Å². The number of anilines is 2. The Morgan fingerprint density at radius 3 is 2.68 bits per heavy atom. The van der Waals surface area contributed by atoms with Crippen molar-refractivity contribution in [3.05, 3.63) is 35.5 Å². The number of aryl methyl sites for hydroxylation is 1. The highest BCUT2D eigenvalue weighted by atomic mass is 16.5. The molecule has 4 rings (SSSR count). The van der Waals surface area contributed by atoms with Crippen LogP contribution in [-0.2, 0) is 11.8 Å². The molecule has 1 aromatic heterocycles. The van der Waals surface area contributed by atoms with E-state index in [9.17, 15) is 0 Å². The minimum Gasteiger partial charge on any atom is -0.497 e. The number of nitrogens with one attached hydrogen (secondary N) is 1. The summed E-state index contributed by atoms with van der Waals surface area (Å²) in [5, 5.41) is 13.1. The van der Waals surface area contributed by atoms with E-state index in [4.69, 9.17) is 20.6 Å². The standard InChI is InChI=1S/C18H23N5O2/c1-22-17(23-9-12-3-4-13(10-23)25-12)8-16(21-22)18(20)14-7-11(24-2)5-6-15(14)19/h5-8,12-13,20H,3-4,9-10,19H2,1-2H3. The van der Waals surface area contributed by atoms with Crippen molar-refractivity contribution >= 4 is 17.2 Å². The van der Waals surface area contributed by atoms with Crippen LogP contribution in [0.5, 0.6) is 5.75 Å². The summed E-state index contributed by atoms with van der Waals surface area (Å²) >= 11 is 0. The van der Waals surface area contributed by atoms with E-state index in [1.807, 2.05) is 17.8 Å². The first-order valence-corrected chi connectivity index (χ1v) is 8.52. The average molecular weight is 341 g/mol. The van der Waals surface area contributed by atoms with Crippen LogP contribution in [0.1, 0.15) is 24.1 Å². The van der Waals surface area contributed by atoms with Gasteiger partial charge in [0.1, 0.15) is 17.3 Å². The molecular formula is C18H23N5O2. The number of benzene rings is 1. The van der Waals surface area contributed by atoms with Gasteiger partial charge in [-0.2, -0.15) is 5.10 Å². The van der Waals surface area contributed by atoms with E-state index in [2.05, 4.69) is 10.00 Å². The van der Waals surface area contributed by atoms with E-state index in [0.29, 0.717) is 40.6 Å². The van der Waals surface area contributed by atoms with Gasteiger partial charge in [-0.1, -0.05) is 0 Å². The van der Waals surface area contributed by atoms with Crippen LogP contribution in [0.25, 0.3) is 0 Å². The summed E-state index contributed by atoms with van der Waals surface area (Å²) in [7, 11) is 3.52. The van der Waals surface area contributed by atoms with Gasteiger partial charge < -0.3 is 20.1 Å². The van der Waals surface area contributed by atoms with E-state index in [1.54, 1.807) is 25.3 Å². The number of rotatable bonds is 4. The van der Waals surface area contributed by atoms with Crippen LogP contribution in [0.15, 0.2) is 24.3 Å².